The first-order chi connectivity index (χ1) is 14.9. The third kappa shape index (κ3) is 3.16. The lowest BCUT2D eigenvalue weighted by Gasteiger charge is -2.19. The fourth-order valence-electron chi connectivity index (χ4n) is 3.71. The van der Waals surface area contributed by atoms with Gasteiger partial charge in [0, 0.05) is 19.3 Å². The van der Waals surface area contributed by atoms with Crippen LogP contribution in [0.1, 0.15) is 18.2 Å². The summed E-state index contributed by atoms with van der Waals surface area (Å²) < 4.78 is 15.8. The number of aromatic amines is 1. The number of nitrogens with one attached hydrogen (secondary N) is 1. The number of halogens is 1. The maximum absolute atomic E-state index is 14.5. The molecule has 8 heteroatoms. The number of carbonyl (C=O) groups is 2. The molecule has 0 radical (unpaired) electrons. The lowest BCUT2D eigenvalue weighted by molar-refractivity contribution is -0.120. The largest absolute Gasteiger partial charge is 0.370 e. The highest BCUT2D eigenvalue weighted by atomic mass is 19.1. The molecule has 0 fully saturated rings. The van der Waals surface area contributed by atoms with Crippen LogP contribution < -0.4 is 10.5 Å². The van der Waals surface area contributed by atoms with Gasteiger partial charge in [-0.1, -0.05) is 30.3 Å². The Morgan fingerprint density at radius 1 is 0.968 bits per heavy atom. The molecule has 0 unspecified atom stereocenters. The number of amides is 2. The van der Waals surface area contributed by atoms with Gasteiger partial charge in [0.25, 0.3) is 17.4 Å². The van der Waals surface area contributed by atoms with Crippen molar-refractivity contribution >= 4 is 23.1 Å². The molecular formula is C23H21FN4O3. The van der Waals surface area contributed by atoms with E-state index in [2.05, 4.69) is 5.10 Å². The summed E-state index contributed by atoms with van der Waals surface area (Å²) in [6.07, 6.45) is 0. The van der Waals surface area contributed by atoms with Crippen LogP contribution in [0.3, 0.4) is 0 Å². The van der Waals surface area contributed by atoms with Gasteiger partial charge < -0.3 is 4.90 Å². The predicted octanol–water partition coefficient (Wildman–Crippen LogP) is 2.85. The van der Waals surface area contributed by atoms with E-state index in [-0.39, 0.29) is 22.5 Å². The highest BCUT2D eigenvalue weighted by molar-refractivity contribution is 6.45. The summed E-state index contributed by atoms with van der Waals surface area (Å²) in [7, 11) is 1.66. The molecule has 1 aliphatic heterocycles. The molecule has 1 aliphatic rings. The Kier molecular flexibility index (Phi) is 5.06. The van der Waals surface area contributed by atoms with E-state index in [9.17, 15) is 18.8 Å². The minimum absolute atomic E-state index is 0.0361. The van der Waals surface area contributed by atoms with Crippen LogP contribution in [0.15, 0.2) is 65.1 Å². The van der Waals surface area contributed by atoms with Gasteiger partial charge in [-0.3, -0.25) is 19.5 Å². The van der Waals surface area contributed by atoms with Gasteiger partial charge >= 0.3 is 0 Å². The van der Waals surface area contributed by atoms with Crippen molar-refractivity contribution in [3.63, 3.8) is 0 Å². The minimum Gasteiger partial charge on any atom is -0.370 e. The van der Waals surface area contributed by atoms with Gasteiger partial charge in [-0.05, 0) is 38.1 Å². The molecule has 31 heavy (non-hydrogen) atoms. The van der Waals surface area contributed by atoms with Gasteiger partial charge in [0.15, 0.2) is 0 Å². The normalized spacial score (nSPS) is 14.0. The summed E-state index contributed by atoms with van der Waals surface area (Å²) in [5, 5.41) is 2.98. The van der Waals surface area contributed by atoms with Crippen molar-refractivity contribution in [2.45, 2.75) is 13.8 Å². The van der Waals surface area contributed by atoms with E-state index in [1.54, 1.807) is 49.2 Å². The SMILES string of the molecule is CCN(C)C1=C(c2c(C)[nH]n(-c3ccccc3)c2=O)C(=O)N(c2ccccc2F)C1=O. The zero-order valence-electron chi connectivity index (χ0n) is 17.3. The number of hydrogen-bond donors (Lipinski definition) is 1. The molecular weight excluding hydrogens is 399 g/mol. The summed E-state index contributed by atoms with van der Waals surface area (Å²) in [5.74, 6) is -2.10. The fraction of sp³-hybridized carbons (Fsp3) is 0.174. The average Bonchev–Trinajstić information content (AvgIpc) is 3.20. The van der Waals surface area contributed by atoms with Crippen LogP contribution in [0.2, 0.25) is 0 Å². The first-order valence-corrected chi connectivity index (χ1v) is 9.83. The Bertz CT molecular complexity index is 1270. The number of carbonyl (C=O) groups excluding carboxylic acids is 2. The second-order valence-corrected chi connectivity index (χ2v) is 7.22. The number of H-pyrrole nitrogens is 1. The van der Waals surface area contributed by atoms with Crippen molar-refractivity contribution in [2.24, 2.45) is 0 Å². The van der Waals surface area contributed by atoms with Crippen molar-refractivity contribution in [1.82, 2.24) is 14.7 Å². The molecule has 1 aromatic heterocycles. The van der Waals surface area contributed by atoms with E-state index in [1.807, 2.05) is 13.0 Å². The van der Waals surface area contributed by atoms with Gasteiger partial charge in [-0.2, -0.15) is 0 Å². The molecule has 2 heterocycles. The summed E-state index contributed by atoms with van der Waals surface area (Å²) in [5.41, 5.74) is 0.541. The van der Waals surface area contributed by atoms with E-state index < -0.39 is 23.2 Å². The van der Waals surface area contributed by atoms with Crippen LogP contribution in [0, 0.1) is 12.7 Å². The molecule has 0 spiro atoms. The molecule has 7 nitrogen and oxygen atoms in total. The number of benzene rings is 2. The van der Waals surface area contributed by atoms with Crippen LogP contribution in [-0.2, 0) is 9.59 Å². The van der Waals surface area contributed by atoms with Crippen LogP contribution in [0.25, 0.3) is 11.3 Å². The molecule has 158 valence electrons. The van der Waals surface area contributed by atoms with Gasteiger partial charge in [-0.25, -0.2) is 14.0 Å². The van der Waals surface area contributed by atoms with Crippen molar-refractivity contribution in [3.8, 4) is 5.69 Å². The van der Waals surface area contributed by atoms with E-state index in [0.717, 1.165) is 4.90 Å². The third-order valence-corrected chi connectivity index (χ3v) is 5.34. The van der Waals surface area contributed by atoms with Gasteiger partial charge in [-0.15, -0.1) is 0 Å². The maximum atomic E-state index is 14.5. The smallest absolute Gasteiger partial charge is 0.282 e. The third-order valence-electron chi connectivity index (χ3n) is 5.34. The zero-order chi connectivity index (χ0) is 22.3. The zero-order valence-corrected chi connectivity index (χ0v) is 17.3. The van der Waals surface area contributed by atoms with Crippen molar-refractivity contribution in [3.05, 3.63) is 87.7 Å². The Morgan fingerprint density at radius 2 is 1.61 bits per heavy atom. The monoisotopic (exact) mass is 420 g/mol. The van der Waals surface area contributed by atoms with E-state index in [1.165, 1.54) is 22.9 Å². The molecule has 0 aliphatic carbocycles. The number of hydrogen-bond acceptors (Lipinski definition) is 4. The molecule has 0 bridgehead atoms. The van der Waals surface area contributed by atoms with Crippen molar-refractivity contribution in [1.29, 1.82) is 0 Å². The first kappa shape index (κ1) is 20.3. The van der Waals surface area contributed by atoms with Crippen LogP contribution in [0.5, 0.6) is 0 Å². The number of likely N-dealkylation sites (N-methyl/N-ethyl adjacent to an activating group) is 1. The topological polar surface area (TPSA) is 78.4 Å². The summed E-state index contributed by atoms with van der Waals surface area (Å²) in [6.45, 7) is 3.90. The Hall–Kier alpha value is -3.94. The number of aromatic nitrogens is 2. The lowest BCUT2D eigenvalue weighted by Crippen LogP contribution is -2.34. The Balaban J connectivity index is 1.94. The Morgan fingerprint density at radius 3 is 2.26 bits per heavy atom. The second kappa shape index (κ2) is 7.71. The highest BCUT2D eigenvalue weighted by Crippen LogP contribution is 2.35. The van der Waals surface area contributed by atoms with Crippen LogP contribution in [0.4, 0.5) is 10.1 Å². The van der Waals surface area contributed by atoms with E-state index in [0.29, 0.717) is 17.9 Å². The molecule has 1 N–H and O–H groups in total. The summed E-state index contributed by atoms with van der Waals surface area (Å²) >= 11 is 0. The van der Waals surface area contributed by atoms with Crippen molar-refractivity contribution < 1.29 is 14.0 Å². The molecule has 2 aromatic carbocycles. The van der Waals surface area contributed by atoms with Gasteiger partial charge in [0.05, 0.1) is 22.5 Å². The molecule has 3 aromatic rings. The average molecular weight is 420 g/mol. The highest BCUT2D eigenvalue weighted by Gasteiger charge is 2.44. The minimum atomic E-state index is -0.732. The number of nitrogens with zero attached hydrogens (tertiary/aromatic N) is 3. The fourth-order valence-corrected chi connectivity index (χ4v) is 3.71. The standard InChI is InChI=1S/C23H21FN4O3/c1-4-26(3)20-19(21(29)27(23(20)31)17-13-9-8-12-16(17)24)18-14(2)25-28(22(18)30)15-10-6-5-7-11-15/h5-13,25H,4H2,1-3H3. The molecule has 0 saturated carbocycles. The molecule has 0 saturated heterocycles. The molecule has 0 atom stereocenters. The summed E-state index contributed by atoms with van der Waals surface area (Å²) in [4.78, 5) is 42.4. The Labute approximate surface area is 178 Å². The first-order valence-electron chi connectivity index (χ1n) is 9.83. The van der Waals surface area contributed by atoms with Crippen LogP contribution in [-0.4, -0.2) is 40.1 Å². The van der Waals surface area contributed by atoms with Crippen molar-refractivity contribution in [2.75, 3.05) is 18.5 Å². The number of imide groups is 1. The summed E-state index contributed by atoms with van der Waals surface area (Å²) in [6, 6.07) is 14.5. The van der Waals surface area contributed by atoms with Gasteiger partial charge in [0.2, 0.25) is 0 Å². The molecule has 2 amide bonds. The van der Waals surface area contributed by atoms with E-state index >= 15 is 0 Å². The quantitative estimate of drug-likeness (QED) is 0.644. The number of anilines is 1. The number of rotatable bonds is 5. The predicted molar refractivity (Wildman–Crippen MR) is 115 cm³/mol. The van der Waals surface area contributed by atoms with Crippen LogP contribution >= 0.6 is 0 Å². The van der Waals surface area contributed by atoms with Gasteiger partial charge in [0.1, 0.15) is 11.5 Å². The number of para-hydroxylation sites is 2. The lowest BCUT2D eigenvalue weighted by atomic mass is 10.1. The maximum Gasteiger partial charge on any atom is 0.282 e. The number of aryl methyl sites for hydroxylation is 1. The van der Waals surface area contributed by atoms with E-state index in [4.69, 9.17) is 0 Å². The molecule has 4 rings (SSSR count). The second-order valence-electron chi connectivity index (χ2n) is 7.22.